The zero-order chi connectivity index (χ0) is 12.3. The highest BCUT2D eigenvalue weighted by Gasteiger charge is 2.30. The van der Waals surface area contributed by atoms with E-state index in [1.807, 2.05) is 13.8 Å². The first-order valence-corrected chi connectivity index (χ1v) is 6.38. The monoisotopic (exact) mass is 226 g/mol. The summed E-state index contributed by atoms with van der Waals surface area (Å²) in [4.78, 5) is 11.7. The lowest BCUT2D eigenvalue weighted by molar-refractivity contribution is -0.122. The summed E-state index contributed by atoms with van der Waals surface area (Å²) in [5.41, 5.74) is 5.62. The van der Waals surface area contributed by atoms with E-state index in [0.717, 1.165) is 18.8 Å². The van der Waals surface area contributed by atoms with Crippen molar-refractivity contribution in [3.05, 3.63) is 0 Å². The van der Waals surface area contributed by atoms with Crippen LogP contribution < -0.4 is 11.1 Å². The molecule has 1 aliphatic carbocycles. The molecule has 3 atom stereocenters. The maximum atomic E-state index is 11.7. The Morgan fingerprint density at radius 3 is 2.44 bits per heavy atom. The molecule has 0 radical (unpaired) electrons. The second-order valence-corrected chi connectivity index (χ2v) is 6.08. The minimum atomic E-state index is -0.244. The molecule has 0 aromatic heterocycles. The summed E-state index contributed by atoms with van der Waals surface area (Å²) >= 11 is 0. The molecule has 1 amide bonds. The summed E-state index contributed by atoms with van der Waals surface area (Å²) in [7, 11) is 0. The van der Waals surface area contributed by atoms with Crippen LogP contribution in [0, 0.1) is 11.8 Å². The van der Waals surface area contributed by atoms with Crippen LogP contribution in [-0.4, -0.2) is 17.5 Å². The summed E-state index contributed by atoms with van der Waals surface area (Å²) in [6.07, 6.45) is 3.64. The Morgan fingerprint density at radius 1 is 1.38 bits per heavy atom. The van der Waals surface area contributed by atoms with Gasteiger partial charge in [0.1, 0.15) is 0 Å². The van der Waals surface area contributed by atoms with Crippen LogP contribution >= 0.6 is 0 Å². The van der Waals surface area contributed by atoms with E-state index in [4.69, 9.17) is 5.73 Å². The van der Waals surface area contributed by atoms with Crippen molar-refractivity contribution in [3.63, 3.8) is 0 Å². The van der Waals surface area contributed by atoms with Crippen LogP contribution in [0.3, 0.4) is 0 Å². The molecule has 3 nitrogen and oxygen atoms in total. The summed E-state index contributed by atoms with van der Waals surface area (Å²) in [6.45, 7) is 8.41. The molecule has 3 N–H and O–H groups in total. The van der Waals surface area contributed by atoms with Gasteiger partial charge in [-0.3, -0.25) is 4.79 Å². The SMILES string of the molecule is CC1CCC(NC(=O)CCC(C)(C)N)C1C. The number of rotatable bonds is 4. The topological polar surface area (TPSA) is 55.1 Å². The molecule has 1 rings (SSSR count). The Morgan fingerprint density at radius 2 is 2.00 bits per heavy atom. The predicted octanol–water partition coefficient (Wildman–Crippen LogP) is 2.05. The number of nitrogens with one attached hydrogen (secondary N) is 1. The van der Waals surface area contributed by atoms with Crippen LogP contribution in [-0.2, 0) is 4.79 Å². The molecule has 1 aliphatic rings. The van der Waals surface area contributed by atoms with Gasteiger partial charge in [0, 0.05) is 18.0 Å². The first-order chi connectivity index (χ1) is 7.29. The minimum Gasteiger partial charge on any atom is -0.353 e. The maximum Gasteiger partial charge on any atom is 0.220 e. The van der Waals surface area contributed by atoms with Crippen LogP contribution in [0.2, 0.25) is 0 Å². The molecule has 3 unspecified atom stereocenters. The van der Waals surface area contributed by atoms with Gasteiger partial charge in [-0.05, 0) is 44.9 Å². The van der Waals surface area contributed by atoms with Gasteiger partial charge < -0.3 is 11.1 Å². The van der Waals surface area contributed by atoms with Crippen LogP contribution in [0.5, 0.6) is 0 Å². The molecule has 0 aliphatic heterocycles. The first kappa shape index (κ1) is 13.5. The van der Waals surface area contributed by atoms with Crippen molar-refractivity contribution in [2.24, 2.45) is 17.6 Å². The van der Waals surface area contributed by atoms with Crippen LogP contribution in [0.4, 0.5) is 0 Å². The summed E-state index contributed by atoms with van der Waals surface area (Å²) in [6, 6.07) is 0.378. The number of hydrogen-bond donors (Lipinski definition) is 2. The molecule has 0 aromatic carbocycles. The highest BCUT2D eigenvalue weighted by atomic mass is 16.1. The molecule has 1 fully saturated rings. The second kappa shape index (κ2) is 5.17. The van der Waals surface area contributed by atoms with Crippen molar-refractivity contribution in [1.82, 2.24) is 5.32 Å². The average molecular weight is 226 g/mol. The Balaban J connectivity index is 2.30. The third-order valence-corrected chi connectivity index (χ3v) is 3.81. The van der Waals surface area contributed by atoms with Crippen molar-refractivity contribution in [2.45, 2.75) is 65.0 Å². The fraction of sp³-hybridized carbons (Fsp3) is 0.923. The molecular formula is C13H26N2O. The summed E-state index contributed by atoms with van der Waals surface area (Å²) in [5.74, 6) is 1.50. The lowest BCUT2D eigenvalue weighted by Gasteiger charge is -2.22. The Bertz CT molecular complexity index is 245. The molecule has 16 heavy (non-hydrogen) atoms. The van der Waals surface area contributed by atoms with Gasteiger partial charge in [-0.2, -0.15) is 0 Å². The lowest BCUT2D eigenvalue weighted by atomic mass is 9.97. The zero-order valence-electron chi connectivity index (χ0n) is 11.0. The predicted molar refractivity (Wildman–Crippen MR) is 67.0 cm³/mol. The standard InChI is InChI=1S/C13H26N2O/c1-9-5-6-11(10(9)2)15-12(16)7-8-13(3,4)14/h9-11H,5-8,14H2,1-4H3,(H,15,16). The van der Waals surface area contributed by atoms with Crippen LogP contribution in [0.15, 0.2) is 0 Å². The molecule has 94 valence electrons. The molecule has 0 bridgehead atoms. The van der Waals surface area contributed by atoms with E-state index in [0.29, 0.717) is 18.4 Å². The van der Waals surface area contributed by atoms with E-state index in [1.54, 1.807) is 0 Å². The molecule has 0 heterocycles. The third-order valence-electron chi connectivity index (χ3n) is 3.81. The van der Waals surface area contributed by atoms with Gasteiger partial charge in [-0.25, -0.2) is 0 Å². The van der Waals surface area contributed by atoms with E-state index >= 15 is 0 Å². The molecule has 3 heteroatoms. The average Bonchev–Trinajstić information content (AvgIpc) is 2.46. The van der Waals surface area contributed by atoms with Crippen molar-refractivity contribution >= 4 is 5.91 Å². The number of carbonyl (C=O) groups excluding carboxylic acids is 1. The number of hydrogen-bond acceptors (Lipinski definition) is 2. The number of carbonyl (C=O) groups is 1. The summed E-state index contributed by atoms with van der Waals surface area (Å²) in [5, 5.41) is 3.14. The Labute approximate surface area is 99.2 Å². The van der Waals surface area contributed by atoms with Gasteiger partial charge in [0.05, 0.1) is 0 Å². The van der Waals surface area contributed by atoms with E-state index in [9.17, 15) is 4.79 Å². The van der Waals surface area contributed by atoms with Crippen LogP contribution in [0.1, 0.15) is 53.4 Å². The number of nitrogens with two attached hydrogens (primary N) is 1. The van der Waals surface area contributed by atoms with E-state index < -0.39 is 0 Å². The van der Waals surface area contributed by atoms with Gasteiger partial charge in [0.25, 0.3) is 0 Å². The fourth-order valence-corrected chi connectivity index (χ4v) is 2.28. The van der Waals surface area contributed by atoms with Gasteiger partial charge in [-0.15, -0.1) is 0 Å². The minimum absolute atomic E-state index is 0.157. The first-order valence-electron chi connectivity index (χ1n) is 6.38. The van der Waals surface area contributed by atoms with E-state index in [2.05, 4.69) is 19.2 Å². The van der Waals surface area contributed by atoms with Crippen LogP contribution in [0.25, 0.3) is 0 Å². The molecular weight excluding hydrogens is 200 g/mol. The Hall–Kier alpha value is -0.570. The lowest BCUT2D eigenvalue weighted by Crippen LogP contribution is -2.39. The Kier molecular flexibility index (Phi) is 4.36. The van der Waals surface area contributed by atoms with E-state index in [-0.39, 0.29) is 11.4 Å². The second-order valence-electron chi connectivity index (χ2n) is 6.08. The number of amides is 1. The summed E-state index contributed by atoms with van der Waals surface area (Å²) < 4.78 is 0. The normalized spacial score (nSPS) is 30.4. The largest absolute Gasteiger partial charge is 0.353 e. The van der Waals surface area contributed by atoms with Crippen molar-refractivity contribution in [1.29, 1.82) is 0 Å². The van der Waals surface area contributed by atoms with Gasteiger partial charge in [0.15, 0.2) is 0 Å². The van der Waals surface area contributed by atoms with Crippen molar-refractivity contribution in [2.75, 3.05) is 0 Å². The van der Waals surface area contributed by atoms with Crippen molar-refractivity contribution < 1.29 is 4.79 Å². The molecule has 0 aromatic rings. The fourth-order valence-electron chi connectivity index (χ4n) is 2.28. The van der Waals surface area contributed by atoms with Gasteiger partial charge in [0.2, 0.25) is 5.91 Å². The van der Waals surface area contributed by atoms with Gasteiger partial charge >= 0.3 is 0 Å². The quantitative estimate of drug-likeness (QED) is 0.771. The molecule has 0 saturated heterocycles. The van der Waals surface area contributed by atoms with Gasteiger partial charge in [-0.1, -0.05) is 13.8 Å². The van der Waals surface area contributed by atoms with E-state index in [1.165, 1.54) is 6.42 Å². The smallest absolute Gasteiger partial charge is 0.220 e. The molecule has 0 spiro atoms. The van der Waals surface area contributed by atoms with Crippen molar-refractivity contribution in [3.8, 4) is 0 Å². The third kappa shape index (κ3) is 4.12. The highest BCUT2D eigenvalue weighted by molar-refractivity contribution is 5.76. The highest BCUT2D eigenvalue weighted by Crippen LogP contribution is 2.31. The maximum absolute atomic E-state index is 11.7. The zero-order valence-corrected chi connectivity index (χ0v) is 11.0. The molecule has 1 saturated carbocycles.